The van der Waals surface area contributed by atoms with E-state index < -0.39 is 18.5 Å². The number of halogens is 4. The van der Waals surface area contributed by atoms with Gasteiger partial charge >= 0.3 is 6.18 Å². The van der Waals surface area contributed by atoms with E-state index >= 15 is 0 Å². The number of ether oxygens (including phenoxy) is 1. The average Bonchev–Trinajstić information content (AvgIpc) is 3.18. The molecule has 0 radical (unpaired) electrons. The molecule has 0 spiro atoms. The maximum Gasteiger partial charge on any atom is 0.406 e. The van der Waals surface area contributed by atoms with Gasteiger partial charge in [-0.1, -0.05) is 0 Å². The first-order valence-electron chi connectivity index (χ1n) is 11.6. The van der Waals surface area contributed by atoms with Crippen LogP contribution in [0, 0.1) is 5.82 Å². The number of alkyl halides is 3. The van der Waals surface area contributed by atoms with Gasteiger partial charge in [0.05, 0.1) is 35.2 Å². The molecule has 9 nitrogen and oxygen atoms in total. The molecule has 2 heterocycles. The van der Waals surface area contributed by atoms with Gasteiger partial charge in [-0.15, -0.1) is 0 Å². The largest absolute Gasteiger partial charge is 0.494 e. The first-order chi connectivity index (χ1) is 17.9. The van der Waals surface area contributed by atoms with Gasteiger partial charge in [-0.05, 0) is 38.4 Å². The fourth-order valence-electron chi connectivity index (χ4n) is 3.96. The molecular formula is C25H28F4N8O. The van der Waals surface area contributed by atoms with Crippen LogP contribution in [0.25, 0.3) is 22.6 Å². The van der Waals surface area contributed by atoms with Crippen molar-refractivity contribution in [2.24, 2.45) is 0 Å². The number of hydrogen-bond donors (Lipinski definition) is 2. The Morgan fingerprint density at radius 2 is 1.82 bits per heavy atom. The number of benzene rings is 2. The third-order valence-corrected chi connectivity index (χ3v) is 5.82. The number of likely N-dealkylation sites (N-methyl/N-ethyl adjacent to an activating group) is 2. The van der Waals surface area contributed by atoms with Crippen LogP contribution in [0.15, 0.2) is 42.6 Å². The van der Waals surface area contributed by atoms with Crippen molar-refractivity contribution in [2.45, 2.75) is 12.7 Å². The lowest BCUT2D eigenvalue weighted by molar-refractivity contribution is -0.139. The van der Waals surface area contributed by atoms with Crippen molar-refractivity contribution < 1.29 is 22.3 Å². The molecule has 0 aliphatic heterocycles. The van der Waals surface area contributed by atoms with Crippen molar-refractivity contribution in [3.8, 4) is 17.3 Å². The predicted octanol–water partition coefficient (Wildman–Crippen LogP) is 4.53. The second-order valence-electron chi connectivity index (χ2n) is 9.00. The number of nitrogen functional groups attached to an aromatic ring is 1. The molecule has 4 rings (SSSR count). The molecule has 13 heteroatoms. The quantitative estimate of drug-likeness (QED) is 0.240. The highest BCUT2D eigenvalue weighted by Gasteiger charge is 2.31. The molecule has 2 aromatic carbocycles. The van der Waals surface area contributed by atoms with E-state index in [-0.39, 0.29) is 28.5 Å². The Kier molecular flexibility index (Phi) is 7.58. The summed E-state index contributed by atoms with van der Waals surface area (Å²) in [6, 6.07) is 8.33. The van der Waals surface area contributed by atoms with E-state index in [1.165, 1.54) is 25.4 Å². The van der Waals surface area contributed by atoms with Gasteiger partial charge in [0.2, 0.25) is 5.95 Å². The highest BCUT2D eigenvalue weighted by Crippen LogP contribution is 2.36. The Labute approximate surface area is 216 Å². The third kappa shape index (κ3) is 6.05. The van der Waals surface area contributed by atoms with Crippen molar-refractivity contribution in [2.75, 3.05) is 57.3 Å². The van der Waals surface area contributed by atoms with Crippen molar-refractivity contribution in [1.82, 2.24) is 24.4 Å². The highest BCUT2D eigenvalue weighted by molar-refractivity contribution is 5.81. The first-order valence-corrected chi connectivity index (χ1v) is 11.6. The van der Waals surface area contributed by atoms with Crippen LogP contribution in [-0.4, -0.2) is 71.9 Å². The molecule has 4 aromatic rings. The summed E-state index contributed by atoms with van der Waals surface area (Å²) in [5.41, 5.74) is 8.39. The lowest BCUT2D eigenvalue weighted by atomic mass is 10.2. The van der Waals surface area contributed by atoms with Crippen LogP contribution in [-0.2, 0) is 6.54 Å². The maximum atomic E-state index is 13.8. The number of methoxy groups -OCH3 is 1. The monoisotopic (exact) mass is 532 g/mol. The van der Waals surface area contributed by atoms with E-state index in [9.17, 15) is 17.6 Å². The molecule has 0 aliphatic carbocycles. The van der Waals surface area contributed by atoms with Crippen LogP contribution in [0.3, 0.4) is 0 Å². The van der Waals surface area contributed by atoms with Gasteiger partial charge in [-0.2, -0.15) is 13.2 Å². The second kappa shape index (κ2) is 10.7. The number of imidazole rings is 1. The zero-order chi connectivity index (χ0) is 27.6. The van der Waals surface area contributed by atoms with E-state index in [1.54, 1.807) is 12.1 Å². The van der Waals surface area contributed by atoms with E-state index in [0.29, 0.717) is 17.1 Å². The van der Waals surface area contributed by atoms with Gasteiger partial charge in [-0.25, -0.2) is 19.3 Å². The number of nitrogens with one attached hydrogen (secondary N) is 1. The van der Waals surface area contributed by atoms with Gasteiger partial charge in [0.15, 0.2) is 5.82 Å². The highest BCUT2D eigenvalue weighted by atomic mass is 19.4. The van der Waals surface area contributed by atoms with Gasteiger partial charge in [-0.3, -0.25) is 0 Å². The SMILES string of the molecule is COc1cc(N(C)CCN(C)C)c(N)cc1Nc1nccc(-c2nc3cc(F)ccc3n2CC(F)(F)F)n1. The summed E-state index contributed by atoms with van der Waals surface area (Å²) in [6.45, 7) is 0.246. The Morgan fingerprint density at radius 1 is 1.05 bits per heavy atom. The van der Waals surface area contributed by atoms with Gasteiger partial charge in [0, 0.05) is 38.5 Å². The van der Waals surface area contributed by atoms with Gasteiger partial charge < -0.3 is 30.2 Å². The topological polar surface area (TPSA) is 97.4 Å². The van der Waals surface area contributed by atoms with Crippen LogP contribution < -0.4 is 20.7 Å². The molecule has 0 unspecified atom stereocenters. The minimum Gasteiger partial charge on any atom is -0.494 e. The summed E-state index contributed by atoms with van der Waals surface area (Å²) in [4.78, 5) is 16.9. The molecule has 2 aromatic heterocycles. The smallest absolute Gasteiger partial charge is 0.406 e. The molecular weight excluding hydrogens is 504 g/mol. The Balaban J connectivity index is 1.69. The van der Waals surface area contributed by atoms with E-state index in [4.69, 9.17) is 10.5 Å². The van der Waals surface area contributed by atoms with E-state index in [0.717, 1.165) is 35.5 Å². The lowest BCUT2D eigenvalue weighted by Gasteiger charge is -2.24. The van der Waals surface area contributed by atoms with Crippen LogP contribution in [0.2, 0.25) is 0 Å². The van der Waals surface area contributed by atoms with Gasteiger partial charge in [0.1, 0.15) is 23.8 Å². The number of aromatic nitrogens is 4. The predicted molar refractivity (Wildman–Crippen MR) is 139 cm³/mol. The Hall–Kier alpha value is -4.13. The molecule has 0 fully saturated rings. The summed E-state index contributed by atoms with van der Waals surface area (Å²) < 4.78 is 60.4. The molecule has 0 aliphatic rings. The number of rotatable bonds is 9. The second-order valence-corrected chi connectivity index (χ2v) is 9.00. The summed E-state index contributed by atoms with van der Waals surface area (Å²) in [7, 11) is 7.40. The minimum absolute atomic E-state index is 0.0716. The van der Waals surface area contributed by atoms with Crippen LogP contribution >= 0.6 is 0 Å². The fourth-order valence-corrected chi connectivity index (χ4v) is 3.96. The maximum absolute atomic E-state index is 13.8. The Morgan fingerprint density at radius 3 is 2.50 bits per heavy atom. The van der Waals surface area contributed by atoms with Gasteiger partial charge in [0.25, 0.3) is 0 Å². The summed E-state index contributed by atoms with van der Waals surface area (Å²) in [6.07, 6.45) is -3.14. The summed E-state index contributed by atoms with van der Waals surface area (Å²) in [5, 5.41) is 3.03. The Bertz CT molecular complexity index is 1440. The molecule has 0 bridgehead atoms. The zero-order valence-corrected chi connectivity index (χ0v) is 21.3. The third-order valence-electron chi connectivity index (χ3n) is 5.82. The number of nitrogens with zero attached hydrogens (tertiary/aromatic N) is 6. The number of nitrogens with two attached hydrogens (primary N) is 1. The normalized spacial score (nSPS) is 11.8. The van der Waals surface area contributed by atoms with E-state index in [1.807, 2.05) is 26.0 Å². The van der Waals surface area contributed by atoms with Crippen molar-refractivity contribution in [1.29, 1.82) is 0 Å². The van der Waals surface area contributed by atoms with Crippen LogP contribution in [0.4, 0.5) is 40.6 Å². The molecule has 202 valence electrons. The summed E-state index contributed by atoms with van der Waals surface area (Å²) >= 11 is 0. The van der Waals surface area contributed by atoms with Crippen LogP contribution in [0.5, 0.6) is 5.75 Å². The standard InChI is InChI=1S/C25H28F4N8O/c1-35(2)9-10-36(3)21-13-22(38-4)19(12-16(21)30)34-24-31-8-7-17(33-24)23-32-18-11-15(26)5-6-20(18)37(23)14-25(27,28)29/h5-8,11-13H,9-10,14,30H2,1-4H3,(H,31,33,34). The van der Waals surface area contributed by atoms with Crippen molar-refractivity contribution >= 4 is 34.0 Å². The van der Waals surface area contributed by atoms with E-state index in [2.05, 4.69) is 25.2 Å². The zero-order valence-electron chi connectivity index (χ0n) is 21.3. The number of fused-ring (bicyclic) bond motifs is 1. The van der Waals surface area contributed by atoms with Crippen LogP contribution in [0.1, 0.15) is 0 Å². The van der Waals surface area contributed by atoms with Crippen molar-refractivity contribution in [3.63, 3.8) is 0 Å². The lowest BCUT2D eigenvalue weighted by Crippen LogP contribution is -2.29. The minimum atomic E-state index is -4.53. The first kappa shape index (κ1) is 26.9. The molecule has 3 N–H and O–H groups in total. The number of hydrogen-bond acceptors (Lipinski definition) is 8. The summed E-state index contributed by atoms with van der Waals surface area (Å²) in [5.74, 6) is -0.116. The van der Waals surface area contributed by atoms with Crippen molar-refractivity contribution in [3.05, 3.63) is 48.4 Å². The molecule has 0 atom stereocenters. The molecule has 0 saturated heterocycles. The number of anilines is 4. The average molecular weight is 533 g/mol. The molecule has 0 saturated carbocycles. The molecule has 38 heavy (non-hydrogen) atoms. The molecule has 0 amide bonds. The fraction of sp³-hybridized carbons (Fsp3) is 0.320.